The first-order chi connectivity index (χ1) is 9.10. The molecule has 0 bridgehead atoms. The van der Waals surface area contributed by atoms with Crippen molar-refractivity contribution in [2.45, 2.75) is 47.6 Å². The number of esters is 1. The maximum absolute atomic E-state index is 12.0. The number of hydrogen-bond donors (Lipinski definition) is 0. The van der Waals surface area contributed by atoms with Crippen molar-refractivity contribution in [2.75, 3.05) is 0 Å². The molecule has 1 rings (SSSR count). The van der Waals surface area contributed by atoms with Gasteiger partial charge in [-0.2, -0.15) is 0 Å². The van der Waals surface area contributed by atoms with Gasteiger partial charge in [0.25, 0.3) is 0 Å². The minimum atomic E-state index is -0.288. The van der Waals surface area contributed by atoms with Crippen LogP contribution in [0.3, 0.4) is 0 Å². The van der Waals surface area contributed by atoms with Gasteiger partial charge in [-0.15, -0.1) is 0 Å². The minimum absolute atomic E-state index is 0.0888. The number of hydrogen-bond acceptors (Lipinski definition) is 2. The molecule has 0 aliphatic rings. The van der Waals surface area contributed by atoms with E-state index in [4.69, 9.17) is 4.74 Å². The number of benzene rings is 1. The molecule has 1 aromatic carbocycles. The summed E-state index contributed by atoms with van der Waals surface area (Å²) in [6, 6.07) is 9.74. The summed E-state index contributed by atoms with van der Waals surface area (Å²) in [5.74, 6) is -0.288. The van der Waals surface area contributed by atoms with Gasteiger partial charge in [-0.1, -0.05) is 71.9 Å². The van der Waals surface area contributed by atoms with Gasteiger partial charge in [-0.3, -0.25) is 0 Å². The summed E-state index contributed by atoms with van der Waals surface area (Å²) < 4.78 is 5.68. The molecule has 0 aliphatic carbocycles. The second-order valence-corrected chi connectivity index (χ2v) is 7.29. The average Bonchev–Trinajstić information content (AvgIpc) is 2.32. The van der Waals surface area contributed by atoms with E-state index in [9.17, 15) is 4.79 Å². The average molecular weight is 274 g/mol. The van der Waals surface area contributed by atoms with Gasteiger partial charge >= 0.3 is 5.97 Å². The summed E-state index contributed by atoms with van der Waals surface area (Å²) in [5.41, 5.74) is 0.815. The van der Waals surface area contributed by atoms with Crippen molar-refractivity contribution in [2.24, 2.45) is 10.8 Å². The molecule has 0 amide bonds. The molecule has 1 aromatic rings. The first-order valence-electron chi connectivity index (χ1n) is 7.04. The predicted molar refractivity (Wildman–Crippen MR) is 84.3 cm³/mol. The highest BCUT2D eigenvalue weighted by Crippen LogP contribution is 2.36. The van der Waals surface area contributed by atoms with Crippen LogP contribution in [0.4, 0.5) is 0 Å². The zero-order valence-corrected chi connectivity index (χ0v) is 13.4. The maximum Gasteiger partial charge on any atom is 0.331 e. The summed E-state index contributed by atoms with van der Waals surface area (Å²) in [7, 11) is 0. The molecule has 0 unspecified atom stereocenters. The molecule has 0 N–H and O–H groups in total. The van der Waals surface area contributed by atoms with E-state index < -0.39 is 0 Å². The molecule has 0 saturated heterocycles. The molecular weight excluding hydrogens is 248 g/mol. The third kappa shape index (κ3) is 5.20. The van der Waals surface area contributed by atoms with Gasteiger partial charge in [0.1, 0.15) is 6.10 Å². The number of carbonyl (C=O) groups excluding carboxylic acids is 1. The Balaban J connectivity index is 2.76. The second kappa shape index (κ2) is 6.25. The first kappa shape index (κ1) is 16.5. The molecule has 2 heteroatoms. The molecule has 0 radical (unpaired) electrons. The Morgan fingerprint density at radius 2 is 1.50 bits per heavy atom. The van der Waals surface area contributed by atoms with E-state index in [1.54, 1.807) is 6.08 Å². The lowest BCUT2D eigenvalue weighted by molar-refractivity contribution is -0.157. The Morgan fingerprint density at radius 1 is 1.00 bits per heavy atom. The van der Waals surface area contributed by atoms with E-state index in [1.807, 2.05) is 30.3 Å². The van der Waals surface area contributed by atoms with Gasteiger partial charge in [0.2, 0.25) is 0 Å². The van der Waals surface area contributed by atoms with Crippen LogP contribution in [0.5, 0.6) is 0 Å². The highest BCUT2D eigenvalue weighted by molar-refractivity contribution is 5.87. The van der Waals surface area contributed by atoms with Crippen LogP contribution in [0.2, 0.25) is 0 Å². The van der Waals surface area contributed by atoms with E-state index in [-0.39, 0.29) is 22.9 Å². The van der Waals surface area contributed by atoms with E-state index in [1.165, 1.54) is 6.08 Å². The molecule has 0 atom stereocenters. The second-order valence-electron chi connectivity index (χ2n) is 7.29. The van der Waals surface area contributed by atoms with E-state index >= 15 is 0 Å². The van der Waals surface area contributed by atoms with Crippen LogP contribution in [-0.2, 0) is 9.53 Å². The van der Waals surface area contributed by atoms with Crippen molar-refractivity contribution in [3.8, 4) is 0 Å². The Hall–Kier alpha value is -1.57. The quantitative estimate of drug-likeness (QED) is 0.589. The van der Waals surface area contributed by atoms with Crippen molar-refractivity contribution in [1.29, 1.82) is 0 Å². The summed E-state index contributed by atoms with van der Waals surface area (Å²) in [6.07, 6.45) is 3.15. The van der Waals surface area contributed by atoms with Crippen LogP contribution in [0.1, 0.15) is 47.1 Å². The van der Waals surface area contributed by atoms with Crippen LogP contribution in [0.15, 0.2) is 36.4 Å². The van der Waals surface area contributed by atoms with Crippen molar-refractivity contribution in [1.82, 2.24) is 0 Å². The zero-order valence-electron chi connectivity index (χ0n) is 13.4. The topological polar surface area (TPSA) is 26.3 Å². The number of ether oxygens (including phenoxy) is 1. The normalized spacial score (nSPS) is 12.9. The smallest absolute Gasteiger partial charge is 0.331 e. The lowest BCUT2D eigenvalue weighted by Crippen LogP contribution is -2.41. The van der Waals surface area contributed by atoms with Gasteiger partial charge in [0.05, 0.1) is 0 Å². The van der Waals surface area contributed by atoms with Gasteiger partial charge in [-0.05, 0) is 22.5 Å². The lowest BCUT2D eigenvalue weighted by Gasteiger charge is -2.39. The van der Waals surface area contributed by atoms with Crippen molar-refractivity contribution < 1.29 is 9.53 Å². The van der Waals surface area contributed by atoms with Crippen molar-refractivity contribution >= 4 is 12.0 Å². The first-order valence-corrected chi connectivity index (χ1v) is 7.04. The fourth-order valence-electron chi connectivity index (χ4n) is 2.54. The minimum Gasteiger partial charge on any atom is -0.458 e. The molecular formula is C18H26O2. The van der Waals surface area contributed by atoms with E-state index in [2.05, 4.69) is 41.5 Å². The van der Waals surface area contributed by atoms with Gasteiger partial charge < -0.3 is 4.74 Å². The highest BCUT2D eigenvalue weighted by Gasteiger charge is 2.37. The third-order valence-electron chi connectivity index (χ3n) is 3.02. The van der Waals surface area contributed by atoms with Crippen LogP contribution >= 0.6 is 0 Å². The Morgan fingerprint density at radius 3 is 1.95 bits per heavy atom. The van der Waals surface area contributed by atoms with Crippen LogP contribution in [0, 0.1) is 10.8 Å². The SMILES string of the molecule is CC(C)(C)C(OC(=O)/C=C/c1ccccc1)C(C)(C)C. The molecule has 0 aromatic heterocycles. The molecule has 110 valence electrons. The van der Waals surface area contributed by atoms with E-state index in [0.717, 1.165) is 5.56 Å². The monoisotopic (exact) mass is 274 g/mol. The van der Waals surface area contributed by atoms with Crippen LogP contribution in [-0.4, -0.2) is 12.1 Å². The molecule has 0 heterocycles. The van der Waals surface area contributed by atoms with Gasteiger partial charge in [-0.25, -0.2) is 4.79 Å². The molecule has 0 fully saturated rings. The van der Waals surface area contributed by atoms with Crippen molar-refractivity contribution in [3.05, 3.63) is 42.0 Å². The third-order valence-corrected chi connectivity index (χ3v) is 3.02. The number of carbonyl (C=O) groups is 1. The van der Waals surface area contributed by atoms with Gasteiger partial charge in [0, 0.05) is 6.08 Å². The standard InChI is InChI=1S/C18H26O2/c1-17(2,3)16(18(4,5)6)20-15(19)13-12-14-10-8-7-9-11-14/h7-13,16H,1-6H3/b13-12+. The lowest BCUT2D eigenvalue weighted by atomic mass is 9.74. The van der Waals surface area contributed by atoms with Crippen LogP contribution in [0.25, 0.3) is 6.08 Å². The van der Waals surface area contributed by atoms with Gasteiger partial charge in [0.15, 0.2) is 0 Å². The molecule has 0 aliphatic heterocycles. The summed E-state index contributed by atoms with van der Waals surface area (Å²) in [4.78, 5) is 12.0. The largest absolute Gasteiger partial charge is 0.458 e. The Bertz CT molecular complexity index is 444. The summed E-state index contributed by atoms with van der Waals surface area (Å²) in [6.45, 7) is 12.6. The summed E-state index contributed by atoms with van der Waals surface area (Å²) >= 11 is 0. The fraction of sp³-hybridized carbons (Fsp3) is 0.500. The molecule has 20 heavy (non-hydrogen) atoms. The van der Waals surface area contributed by atoms with Crippen LogP contribution < -0.4 is 0 Å². The van der Waals surface area contributed by atoms with E-state index in [0.29, 0.717) is 0 Å². The Labute approximate surface area is 122 Å². The highest BCUT2D eigenvalue weighted by atomic mass is 16.5. The summed E-state index contributed by atoms with van der Waals surface area (Å²) in [5, 5.41) is 0. The molecule has 2 nitrogen and oxygen atoms in total. The maximum atomic E-state index is 12.0. The number of rotatable bonds is 3. The zero-order chi connectivity index (χ0) is 15.4. The Kier molecular flexibility index (Phi) is 5.15. The molecule has 0 spiro atoms. The predicted octanol–water partition coefficient (Wildman–Crippen LogP) is 4.70. The van der Waals surface area contributed by atoms with Crippen molar-refractivity contribution in [3.63, 3.8) is 0 Å². The molecule has 0 saturated carbocycles. The fourth-order valence-corrected chi connectivity index (χ4v) is 2.54.